The van der Waals surface area contributed by atoms with Gasteiger partial charge in [-0.1, -0.05) is 60.7 Å². The highest BCUT2D eigenvalue weighted by atomic mass is 16.7. The summed E-state index contributed by atoms with van der Waals surface area (Å²) < 4.78 is 17.3. The van der Waals surface area contributed by atoms with Gasteiger partial charge in [0, 0.05) is 6.54 Å². The number of hydrogen-bond donors (Lipinski definition) is 1. The van der Waals surface area contributed by atoms with Crippen molar-refractivity contribution in [2.24, 2.45) is 0 Å². The van der Waals surface area contributed by atoms with Gasteiger partial charge in [-0.05, 0) is 11.1 Å². The number of benzene rings is 2. The van der Waals surface area contributed by atoms with Gasteiger partial charge in [0.05, 0.1) is 6.73 Å². The summed E-state index contributed by atoms with van der Waals surface area (Å²) in [7, 11) is -0.724. The molecule has 0 bridgehead atoms. The largest absolute Gasteiger partial charge is 0.561 e. The van der Waals surface area contributed by atoms with Crippen molar-refractivity contribution in [3.05, 3.63) is 71.8 Å². The molecule has 0 aromatic heterocycles. The number of nitrogens with one attached hydrogen (secondary N) is 1. The van der Waals surface area contributed by atoms with E-state index in [1.807, 2.05) is 60.7 Å². The first kappa shape index (κ1) is 14.4. The first-order chi connectivity index (χ1) is 11.3. The van der Waals surface area contributed by atoms with Crippen LogP contribution >= 0.6 is 0 Å². The fraction of sp³-hybridized carbons (Fsp3) is 0.235. The molecular weight excluding hydrogens is 293 g/mol. The maximum Gasteiger partial charge on any atom is 0.561 e. The van der Waals surface area contributed by atoms with E-state index in [0.717, 1.165) is 11.1 Å². The van der Waals surface area contributed by atoms with Crippen LogP contribution in [0.5, 0.6) is 0 Å². The average Bonchev–Trinajstić information content (AvgIpc) is 3.25. The maximum atomic E-state index is 12.8. The number of carbonyl (C=O) groups is 1. The quantitative estimate of drug-likeness (QED) is 0.870. The monoisotopic (exact) mass is 309 g/mol. The Morgan fingerprint density at radius 1 is 1.00 bits per heavy atom. The van der Waals surface area contributed by atoms with Crippen molar-refractivity contribution in [2.75, 3.05) is 13.3 Å². The molecule has 6 heteroatoms. The van der Waals surface area contributed by atoms with Crippen molar-refractivity contribution in [3.8, 4) is 0 Å². The van der Waals surface area contributed by atoms with Gasteiger partial charge in [-0.25, -0.2) is 4.79 Å². The van der Waals surface area contributed by atoms with Gasteiger partial charge in [0.2, 0.25) is 5.60 Å². The molecule has 4 rings (SSSR count). The number of hydrogen-bond acceptors (Lipinski definition) is 5. The van der Waals surface area contributed by atoms with E-state index in [2.05, 4.69) is 5.32 Å². The van der Waals surface area contributed by atoms with Gasteiger partial charge in [-0.2, -0.15) is 0 Å². The van der Waals surface area contributed by atoms with Crippen LogP contribution in [0.3, 0.4) is 0 Å². The second kappa shape index (κ2) is 5.81. The summed E-state index contributed by atoms with van der Waals surface area (Å²) in [5.41, 5.74) is 0.258. The third-order valence-electron chi connectivity index (χ3n) is 4.21. The zero-order valence-electron chi connectivity index (χ0n) is 12.5. The molecule has 2 aromatic carbocycles. The molecule has 0 spiro atoms. The Bertz CT molecular complexity index is 649. The SMILES string of the molecule is O=C1OB(C2CNCO2)OC1(c1ccccc1)c1ccccc1. The van der Waals surface area contributed by atoms with E-state index in [-0.39, 0.29) is 6.00 Å². The summed E-state index contributed by atoms with van der Waals surface area (Å²) in [6.07, 6.45) is 0. The maximum absolute atomic E-state index is 12.8. The summed E-state index contributed by atoms with van der Waals surface area (Å²) in [5.74, 6) is -0.407. The van der Waals surface area contributed by atoms with E-state index in [1.54, 1.807) is 0 Å². The van der Waals surface area contributed by atoms with Crippen LogP contribution in [0.25, 0.3) is 0 Å². The molecule has 2 saturated heterocycles. The van der Waals surface area contributed by atoms with Crippen LogP contribution in [-0.4, -0.2) is 32.4 Å². The minimum absolute atomic E-state index is 0.298. The fourth-order valence-corrected chi connectivity index (χ4v) is 3.07. The van der Waals surface area contributed by atoms with Gasteiger partial charge in [-0.3, -0.25) is 5.32 Å². The summed E-state index contributed by atoms with van der Waals surface area (Å²) in [6, 6.07) is 18.6. The van der Waals surface area contributed by atoms with Crippen LogP contribution in [-0.2, 0) is 24.4 Å². The minimum atomic E-state index is -1.25. The molecule has 1 N–H and O–H groups in total. The van der Waals surface area contributed by atoms with Gasteiger partial charge in [0.1, 0.15) is 6.00 Å². The van der Waals surface area contributed by atoms with E-state index in [4.69, 9.17) is 14.0 Å². The Hall–Kier alpha value is -2.15. The highest BCUT2D eigenvalue weighted by molar-refractivity contribution is 6.51. The van der Waals surface area contributed by atoms with E-state index in [0.29, 0.717) is 13.3 Å². The molecule has 0 saturated carbocycles. The molecule has 2 aliphatic rings. The highest BCUT2D eigenvalue weighted by Gasteiger charge is 2.58. The predicted octanol–water partition coefficient (Wildman–Crippen LogP) is 1.48. The third kappa shape index (κ3) is 2.35. The van der Waals surface area contributed by atoms with Crippen LogP contribution in [0.2, 0.25) is 0 Å². The summed E-state index contributed by atoms with van der Waals surface area (Å²) in [5, 5.41) is 3.08. The van der Waals surface area contributed by atoms with Crippen LogP contribution in [0.4, 0.5) is 0 Å². The molecule has 1 atom stereocenters. The summed E-state index contributed by atoms with van der Waals surface area (Å²) in [6.45, 7) is 1.03. The van der Waals surface area contributed by atoms with Crippen LogP contribution in [0.1, 0.15) is 11.1 Å². The highest BCUT2D eigenvalue weighted by Crippen LogP contribution is 2.40. The summed E-state index contributed by atoms with van der Waals surface area (Å²) >= 11 is 0. The van der Waals surface area contributed by atoms with Crippen molar-refractivity contribution >= 4 is 13.1 Å². The van der Waals surface area contributed by atoms with Gasteiger partial charge >= 0.3 is 13.1 Å². The standard InChI is InChI=1S/C17H16BNO4/c20-16-17(13-7-3-1-4-8-13,14-9-5-2-6-10-14)23-18(22-16)15-11-19-12-21-15/h1-10,15,19H,11-12H2. The molecule has 1 unspecified atom stereocenters. The second-order valence-corrected chi connectivity index (χ2v) is 5.61. The van der Waals surface area contributed by atoms with E-state index in [1.165, 1.54) is 0 Å². The number of carbonyl (C=O) groups excluding carboxylic acids is 1. The topological polar surface area (TPSA) is 56.8 Å². The van der Waals surface area contributed by atoms with E-state index in [9.17, 15) is 4.79 Å². The molecule has 2 heterocycles. The van der Waals surface area contributed by atoms with Crippen molar-refractivity contribution in [1.82, 2.24) is 5.32 Å². The van der Waals surface area contributed by atoms with E-state index < -0.39 is 18.7 Å². The van der Waals surface area contributed by atoms with Crippen molar-refractivity contribution in [3.63, 3.8) is 0 Å². The molecule has 0 aliphatic carbocycles. The van der Waals surface area contributed by atoms with Gasteiger partial charge in [0.15, 0.2) is 0 Å². The molecule has 0 radical (unpaired) electrons. The Balaban J connectivity index is 1.79. The lowest BCUT2D eigenvalue weighted by Gasteiger charge is -2.26. The zero-order valence-corrected chi connectivity index (χ0v) is 12.5. The molecule has 23 heavy (non-hydrogen) atoms. The fourth-order valence-electron chi connectivity index (χ4n) is 3.07. The summed E-state index contributed by atoms with van der Waals surface area (Å²) in [4.78, 5) is 12.8. The molecule has 2 aromatic rings. The Morgan fingerprint density at radius 3 is 2.13 bits per heavy atom. The molecule has 5 nitrogen and oxygen atoms in total. The lowest BCUT2D eigenvalue weighted by molar-refractivity contribution is -0.141. The van der Waals surface area contributed by atoms with Gasteiger partial charge in [0.25, 0.3) is 0 Å². The van der Waals surface area contributed by atoms with Crippen molar-refractivity contribution in [1.29, 1.82) is 0 Å². The first-order valence-corrected chi connectivity index (χ1v) is 7.63. The lowest BCUT2D eigenvalue weighted by Crippen LogP contribution is -2.39. The number of ether oxygens (including phenoxy) is 1. The molecular formula is C17H16BNO4. The van der Waals surface area contributed by atoms with Crippen LogP contribution < -0.4 is 5.32 Å². The smallest absolute Gasteiger partial charge is 0.505 e. The third-order valence-corrected chi connectivity index (χ3v) is 4.21. The van der Waals surface area contributed by atoms with Crippen molar-refractivity contribution in [2.45, 2.75) is 11.6 Å². The second-order valence-electron chi connectivity index (χ2n) is 5.61. The Kier molecular flexibility index (Phi) is 3.65. The first-order valence-electron chi connectivity index (χ1n) is 7.63. The Labute approximate surface area is 134 Å². The Morgan fingerprint density at radius 2 is 1.61 bits per heavy atom. The van der Waals surface area contributed by atoms with Crippen LogP contribution in [0.15, 0.2) is 60.7 Å². The molecule has 0 amide bonds. The number of rotatable bonds is 3. The minimum Gasteiger partial charge on any atom is -0.505 e. The normalized spacial score (nSPS) is 23.0. The average molecular weight is 309 g/mol. The molecule has 2 fully saturated rings. The predicted molar refractivity (Wildman–Crippen MR) is 84.3 cm³/mol. The van der Waals surface area contributed by atoms with E-state index >= 15 is 0 Å². The van der Waals surface area contributed by atoms with Gasteiger partial charge < -0.3 is 14.0 Å². The van der Waals surface area contributed by atoms with Crippen molar-refractivity contribution < 1.29 is 18.8 Å². The molecule has 116 valence electrons. The zero-order chi connectivity index (χ0) is 15.7. The van der Waals surface area contributed by atoms with Gasteiger partial charge in [-0.15, -0.1) is 0 Å². The van der Waals surface area contributed by atoms with Crippen LogP contribution in [0, 0.1) is 0 Å². The molecule has 2 aliphatic heterocycles. The lowest BCUT2D eigenvalue weighted by atomic mass is 9.80.